The van der Waals surface area contributed by atoms with Crippen molar-refractivity contribution < 1.29 is 4.79 Å². The number of ketones is 1. The van der Waals surface area contributed by atoms with Crippen LogP contribution in [0.5, 0.6) is 0 Å². The molecule has 0 amide bonds. The van der Waals surface area contributed by atoms with Gasteiger partial charge in [-0.1, -0.05) is 25.8 Å². The van der Waals surface area contributed by atoms with E-state index in [9.17, 15) is 4.79 Å². The van der Waals surface area contributed by atoms with E-state index in [1.165, 1.54) is 0 Å². The number of aromatic nitrogens is 3. The molecule has 5 nitrogen and oxygen atoms in total. The molecule has 0 spiro atoms. The number of carbonyl (C=O) groups is 1. The van der Waals surface area contributed by atoms with Crippen molar-refractivity contribution in [2.24, 2.45) is 0 Å². The average Bonchev–Trinajstić information content (AvgIpc) is 3.18. The first-order valence-corrected chi connectivity index (χ1v) is 10.2. The van der Waals surface area contributed by atoms with Gasteiger partial charge in [0.1, 0.15) is 17.4 Å². The molecule has 0 atom stereocenters. The van der Waals surface area contributed by atoms with E-state index >= 15 is 0 Å². The molecular formula is C23H30N4O. The summed E-state index contributed by atoms with van der Waals surface area (Å²) in [5, 5.41) is 1.13. The van der Waals surface area contributed by atoms with E-state index in [2.05, 4.69) is 39.2 Å². The Kier molecular flexibility index (Phi) is 6.80. The summed E-state index contributed by atoms with van der Waals surface area (Å²) >= 11 is 0. The third-order valence-corrected chi connectivity index (χ3v) is 5.09. The highest BCUT2D eigenvalue weighted by atomic mass is 16.1. The van der Waals surface area contributed by atoms with Crippen molar-refractivity contribution in [1.29, 1.82) is 0 Å². The first-order valence-electron chi connectivity index (χ1n) is 10.2. The van der Waals surface area contributed by atoms with Gasteiger partial charge in [0.05, 0.1) is 17.4 Å². The van der Waals surface area contributed by atoms with Crippen LogP contribution in [0.4, 0.5) is 5.82 Å². The van der Waals surface area contributed by atoms with Crippen LogP contribution in [0, 0.1) is 0 Å². The highest BCUT2D eigenvalue weighted by Crippen LogP contribution is 2.24. The van der Waals surface area contributed by atoms with Gasteiger partial charge in [0.15, 0.2) is 0 Å². The summed E-state index contributed by atoms with van der Waals surface area (Å²) in [5.41, 5.74) is 3.17. The number of Topliss-reactive ketones (excluding diaryl/α,β-unsaturated/α-hetero) is 1. The standard InChI is InChI=1S/C23H30N4O/c1-4-19(28)9-7-5-6-8-10-22-24-16-21(25-22)18-11-13-20-17(15-18)12-14-23(26-20)27(2)3/h11-16H,4-10H2,1-3H3,(H,24,25). The van der Waals surface area contributed by atoms with Crippen molar-refractivity contribution in [2.45, 2.75) is 51.9 Å². The number of unbranched alkanes of at least 4 members (excludes halogenated alkanes) is 3. The molecule has 0 aliphatic carbocycles. The number of nitrogens with one attached hydrogen (secondary N) is 1. The van der Waals surface area contributed by atoms with Crippen molar-refractivity contribution in [3.63, 3.8) is 0 Å². The van der Waals surface area contributed by atoms with Gasteiger partial charge < -0.3 is 9.88 Å². The molecule has 1 N–H and O–H groups in total. The minimum Gasteiger partial charge on any atom is -0.363 e. The predicted molar refractivity (Wildman–Crippen MR) is 116 cm³/mol. The molecule has 5 heteroatoms. The Morgan fingerprint density at radius 2 is 1.89 bits per heavy atom. The summed E-state index contributed by atoms with van der Waals surface area (Å²) in [7, 11) is 4.00. The molecule has 0 aliphatic heterocycles. The summed E-state index contributed by atoms with van der Waals surface area (Å²) in [6.45, 7) is 1.93. The van der Waals surface area contributed by atoms with Crippen molar-refractivity contribution in [3.05, 3.63) is 42.4 Å². The van der Waals surface area contributed by atoms with Crippen LogP contribution in [0.2, 0.25) is 0 Å². The van der Waals surface area contributed by atoms with Gasteiger partial charge in [-0.25, -0.2) is 9.97 Å². The zero-order chi connectivity index (χ0) is 19.9. The summed E-state index contributed by atoms with van der Waals surface area (Å²) in [4.78, 5) is 26.0. The third kappa shape index (κ3) is 5.18. The molecule has 3 rings (SSSR count). The fourth-order valence-corrected chi connectivity index (χ4v) is 3.31. The second kappa shape index (κ2) is 9.49. The van der Waals surface area contributed by atoms with E-state index in [4.69, 9.17) is 0 Å². The molecule has 0 saturated carbocycles. The van der Waals surface area contributed by atoms with Crippen LogP contribution >= 0.6 is 0 Å². The lowest BCUT2D eigenvalue weighted by Crippen LogP contribution is -2.10. The Labute approximate surface area is 167 Å². The molecule has 0 saturated heterocycles. The smallest absolute Gasteiger partial charge is 0.132 e. The van der Waals surface area contributed by atoms with Gasteiger partial charge in [0.25, 0.3) is 0 Å². The van der Waals surface area contributed by atoms with Gasteiger partial charge in [-0.15, -0.1) is 0 Å². The van der Waals surface area contributed by atoms with Crippen LogP contribution in [-0.2, 0) is 11.2 Å². The van der Waals surface area contributed by atoms with Crippen LogP contribution in [0.3, 0.4) is 0 Å². The topological polar surface area (TPSA) is 61.9 Å². The number of anilines is 1. The highest BCUT2D eigenvalue weighted by Gasteiger charge is 2.06. The Balaban J connectivity index is 1.56. The molecule has 28 heavy (non-hydrogen) atoms. The molecule has 3 aromatic rings. The number of aryl methyl sites for hydroxylation is 1. The van der Waals surface area contributed by atoms with Gasteiger partial charge in [-0.2, -0.15) is 0 Å². The lowest BCUT2D eigenvalue weighted by Gasteiger charge is -2.11. The Bertz CT molecular complexity index is 929. The van der Waals surface area contributed by atoms with Crippen LogP contribution in [0.1, 0.15) is 51.3 Å². The van der Waals surface area contributed by atoms with Crippen molar-refractivity contribution >= 4 is 22.5 Å². The summed E-state index contributed by atoms with van der Waals surface area (Å²) < 4.78 is 0. The zero-order valence-electron chi connectivity index (χ0n) is 17.2. The van der Waals surface area contributed by atoms with E-state index in [0.29, 0.717) is 12.2 Å². The molecule has 0 aliphatic rings. The van der Waals surface area contributed by atoms with Gasteiger partial charge in [0.2, 0.25) is 0 Å². The molecule has 0 fully saturated rings. The third-order valence-electron chi connectivity index (χ3n) is 5.09. The lowest BCUT2D eigenvalue weighted by atomic mass is 10.1. The maximum atomic E-state index is 11.3. The molecule has 2 aromatic heterocycles. The Morgan fingerprint density at radius 1 is 1.07 bits per heavy atom. The highest BCUT2D eigenvalue weighted by molar-refractivity contribution is 5.85. The number of carbonyl (C=O) groups excluding carboxylic acids is 1. The molecule has 0 bridgehead atoms. The van der Waals surface area contributed by atoms with E-state index in [-0.39, 0.29) is 0 Å². The van der Waals surface area contributed by atoms with E-state index in [1.54, 1.807) is 0 Å². The fourth-order valence-electron chi connectivity index (χ4n) is 3.31. The maximum absolute atomic E-state index is 11.3. The molecular weight excluding hydrogens is 348 g/mol. The van der Waals surface area contributed by atoms with Gasteiger partial charge in [0, 0.05) is 44.3 Å². The number of pyridine rings is 1. The van der Waals surface area contributed by atoms with Gasteiger partial charge in [-0.05, 0) is 37.1 Å². The Morgan fingerprint density at radius 3 is 2.68 bits per heavy atom. The number of imidazole rings is 1. The lowest BCUT2D eigenvalue weighted by molar-refractivity contribution is -0.118. The number of fused-ring (bicyclic) bond motifs is 1. The first kappa shape index (κ1) is 20.1. The van der Waals surface area contributed by atoms with Crippen LogP contribution in [0.25, 0.3) is 22.2 Å². The molecule has 1 aromatic carbocycles. The van der Waals surface area contributed by atoms with Crippen molar-refractivity contribution in [3.8, 4) is 11.3 Å². The van der Waals surface area contributed by atoms with Crippen LogP contribution < -0.4 is 4.90 Å². The van der Waals surface area contributed by atoms with Gasteiger partial charge >= 0.3 is 0 Å². The minimum absolute atomic E-state index is 0.374. The van der Waals surface area contributed by atoms with E-state index in [0.717, 1.165) is 72.3 Å². The number of nitrogens with zero attached hydrogens (tertiary/aromatic N) is 3. The van der Waals surface area contributed by atoms with Gasteiger partial charge in [-0.3, -0.25) is 4.79 Å². The minimum atomic E-state index is 0.374. The summed E-state index contributed by atoms with van der Waals surface area (Å²) in [6.07, 6.45) is 8.62. The Hall–Kier alpha value is -2.69. The second-order valence-corrected chi connectivity index (χ2v) is 7.52. The fraction of sp³-hybridized carbons (Fsp3) is 0.435. The number of hydrogen-bond donors (Lipinski definition) is 1. The predicted octanol–water partition coefficient (Wildman–Crippen LogP) is 5.16. The number of aromatic amines is 1. The summed E-state index contributed by atoms with van der Waals surface area (Å²) in [6, 6.07) is 10.5. The molecule has 148 valence electrons. The maximum Gasteiger partial charge on any atom is 0.132 e. The van der Waals surface area contributed by atoms with Crippen LogP contribution in [0.15, 0.2) is 36.5 Å². The monoisotopic (exact) mass is 378 g/mol. The van der Waals surface area contributed by atoms with E-state index < -0.39 is 0 Å². The number of hydrogen-bond acceptors (Lipinski definition) is 4. The summed E-state index contributed by atoms with van der Waals surface area (Å²) in [5.74, 6) is 2.36. The zero-order valence-corrected chi connectivity index (χ0v) is 17.2. The van der Waals surface area contributed by atoms with Crippen molar-refractivity contribution in [1.82, 2.24) is 15.0 Å². The van der Waals surface area contributed by atoms with E-state index in [1.807, 2.05) is 38.2 Å². The molecule has 2 heterocycles. The quantitative estimate of drug-likeness (QED) is 0.495. The number of benzene rings is 1. The number of H-pyrrole nitrogens is 1. The first-order chi connectivity index (χ1) is 13.6. The SMILES string of the molecule is CCC(=O)CCCCCCc1ncc(-c2ccc3nc(N(C)C)ccc3c2)[nH]1. The van der Waals surface area contributed by atoms with Crippen molar-refractivity contribution in [2.75, 3.05) is 19.0 Å². The largest absolute Gasteiger partial charge is 0.363 e. The van der Waals surface area contributed by atoms with Crippen LogP contribution in [-0.4, -0.2) is 34.8 Å². The average molecular weight is 379 g/mol. The normalized spacial score (nSPS) is 11.1. The molecule has 0 radical (unpaired) electrons. The second-order valence-electron chi connectivity index (χ2n) is 7.52. The number of rotatable bonds is 10. The molecule has 0 unspecified atom stereocenters.